The number of aromatic carboxylic acids is 1. The van der Waals surface area contributed by atoms with Gasteiger partial charge in [-0.25, -0.2) is 14.3 Å². The standard InChI is InChI=1S/C18H15N5O2/c1-11-13(10-22(2)20-11)15-8-16(18(24)25)23-17(19-15)9-14(21-23)12-6-4-3-5-7-12/h3-10H,1-2H3,(H,24,25). The number of aryl methyl sites for hydroxylation is 2. The van der Waals surface area contributed by atoms with Crippen LogP contribution in [0.3, 0.4) is 0 Å². The minimum atomic E-state index is -1.06. The van der Waals surface area contributed by atoms with Gasteiger partial charge in [0.25, 0.3) is 0 Å². The van der Waals surface area contributed by atoms with Gasteiger partial charge in [0.15, 0.2) is 11.3 Å². The molecule has 4 aromatic rings. The van der Waals surface area contributed by atoms with Gasteiger partial charge in [-0.1, -0.05) is 30.3 Å². The van der Waals surface area contributed by atoms with Gasteiger partial charge in [-0.2, -0.15) is 10.2 Å². The van der Waals surface area contributed by atoms with Crippen LogP contribution in [0.15, 0.2) is 48.7 Å². The summed E-state index contributed by atoms with van der Waals surface area (Å²) in [4.78, 5) is 16.3. The molecule has 124 valence electrons. The molecule has 1 aromatic carbocycles. The molecule has 7 nitrogen and oxygen atoms in total. The number of carboxylic acids is 1. The van der Waals surface area contributed by atoms with Crippen molar-refractivity contribution in [3.63, 3.8) is 0 Å². The Labute approximate surface area is 143 Å². The molecule has 0 aliphatic carbocycles. The molecule has 0 spiro atoms. The Kier molecular flexibility index (Phi) is 3.35. The molecule has 0 saturated heterocycles. The van der Waals surface area contributed by atoms with E-state index in [9.17, 15) is 9.90 Å². The minimum Gasteiger partial charge on any atom is -0.477 e. The van der Waals surface area contributed by atoms with Crippen LogP contribution in [0.1, 0.15) is 16.2 Å². The molecule has 0 radical (unpaired) electrons. The highest BCUT2D eigenvalue weighted by atomic mass is 16.4. The number of fused-ring (bicyclic) bond motifs is 1. The lowest BCUT2D eigenvalue weighted by Gasteiger charge is -2.04. The molecular weight excluding hydrogens is 318 g/mol. The van der Waals surface area contributed by atoms with Crippen LogP contribution in [0.25, 0.3) is 28.2 Å². The van der Waals surface area contributed by atoms with E-state index in [-0.39, 0.29) is 5.69 Å². The number of nitrogens with zero attached hydrogens (tertiary/aromatic N) is 5. The number of hydrogen-bond donors (Lipinski definition) is 1. The minimum absolute atomic E-state index is 0.0606. The molecule has 4 rings (SSSR count). The molecule has 0 atom stereocenters. The van der Waals surface area contributed by atoms with Crippen LogP contribution in [-0.2, 0) is 7.05 Å². The van der Waals surface area contributed by atoms with E-state index in [0.717, 1.165) is 16.8 Å². The molecule has 0 unspecified atom stereocenters. The maximum Gasteiger partial charge on any atom is 0.354 e. The van der Waals surface area contributed by atoms with Gasteiger partial charge in [-0.05, 0) is 13.0 Å². The lowest BCUT2D eigenvalue weighted by molar-refractivity contribution is 0.0687. The summed E-state index contributed by atoms with van der Waals surface area (Å²) < 4.78 is 3.04. The Hall–Kier alpha value is -3.48. The Bertz CT molecular complexity index is 1100. The van der Waals surface area contributed by atoms with E-state index in [0.29, 0.717) is 17.0 Å². The first-order chi connectivity index (χ1) is 12.0. The number of benzene rings is 1. The second-order valence-corrected chi connectivity index (χ2v) is 5.80. The van der Waals surface area contributed by atoms with E-state index in [1.807, 2.05) is 50.5 Å². The third kappa shape index (κ3) is 2.55. The third-order valence-corrected chi connectivity index (χ3v) is 4.01. The first-order valence-corrected chi connectivity index (χ1v) is 7.73. The summed E-state index contributed by atoms with van der Waals surface area (Å²) in [6, 6.07) is 12.9. The van der Waals surface area contributed by atoms with Crippen LogP contribution in [-0.4, -0.2) is 35.5 Å². The van der Waals surface area contributed by atoms with Crippen LogP contribution >= 0.6 is 0 Å². The largest absolute Gasteiger partial charge is 0.477 e. The van der Waals surface area contributed by atoms with Gasteiger partial charge < -0.3 is 5.11 Å². The van der Waals surface area contributed by atoms with Crippen molar-refractivity contribution in [2.45, 2.75) is 6.92 Å². The summed E-state index contributed by atoms with van der Waals surface area (Å²) in [5.74, 6) is -1.06. The first kappa shape index (κ1) is 15.1. The molecule has 3 heterocycles. The average Bonchev–Trinajstić information content (AvgIpc) is 3.17. The van der Waals surface area contributed by atoms with Crippen molar-refractivity contribution in [2.75, 3.05) is 0 Å². The molecule has 0 fully saturated rings. The fraction of sp³-hybridized carbons (Fsp3) is 0.111. The van der Waals surface area contributed by atoms with E-state index in [1.54, 1.807) is 10.7 Å². The van der Waals surface area contributed by atoms with Gasteiger partial charge in [0.2, 0.25) is 0 Å². The molecular formula is C18H15N5O2. The smallest absolute Gasteiger partial charge is 0.354 e. The molecule has 3 aromatic heterocycles. The number of hydrogen-bond acceptors (Lipinski definition) is 4. The first-order valence-electron chi connectivity index (χ1n) is 7.73. The van der Waals surface area contributed by atoms with Gasteiger partial charge in [-0.15, -0.1) is 0 Å². The van der Waals surface area contributed by atoms with E-state index < -0.39 is 5.97 Å². The molecule has 0 amide bonds. The summed E-state index contributed by atoms with van der Waals surface area (Å²) >= 11 is 0. The monoisotopic (exact) mass is 333 g/mol. The summed E-state index contributed by atoms with van der Waals surface area (Å²) in [6.07, 6.45) is 1.83. The number of carbonyl (C=O) groups is 1. The average molecular weight is 333 g/mol. The molecule has 0 aliphatic heterocycles. The zero-order valence-corrected chi connectivity index (χ0v) is 13.7. The van der Waals surface area contributed by atoms with Crippen LogP contribution < -0.4 is 0 Å². The van der Waals surface area contributed by atoms with Crippen molar-refractivity contribution in [3.05, 3.63) is 60.0 Å². The van der Waals surface area contributed by atoms with Crippen molar-refractivity contribution < 1.29 is 9.90 Å². The highest BCUT2D eigenvalue weighted by Crippen LogP contribution is 2.25. The number of carboxylic acid groups (broad SMARTS) is 1. The summed E-state index contributed by atoms with van der Waals surface area (Å²) in [5, 5.41) is 18.3. The quantitative estimate of drug-likeness (QED) is 0.623. The highest BCUT2D eigenvalue weighted by Gasteiger charge is 2.18. The predicted molar refractivity (Wildman–Crippen MR) is 92.3 cm³/mol. The van der Waals surface area contributed by atoms with Gasteiger partial charge in [0, 0.05) is 30.4 Å². The number of rotatable bonds is 3. The van der Waals surface area contributed by atoms with Gasteiger partial charge in [0.1, 0.15) is 0 Å². The highest BCUT2D eigenvalue weighted by molar-refractivity contribution is 5.88. The van der Waals surface area contributed by atoms with Crippen molar-refractivity contribution in [1.82, 2.24) is 24.4 Å². The normalized spacial score (nSPS) is 11.1. The Morgan fingerprint density at radius 1 is 1.08 bits per heavy atom. The van der Waals surface area contributed by atoms with Crippen LogP contribution in [0.2, 0.25) is 0 Å². The number of aromatic nitrogens is 5. The zero-order valence-electron chi connectivity index (χ0n) is 13.7. The summed E-state index contributed by atoms with van der Waals surface area (Å²) in [6.45, 7) is 1.87. The Morgan fingerprint density at radius 2 is 1.84 bits per heavy atom. The molecule has 0 bridgehead atoms. The zero-order chi connectivity index (χ0) is 17.6. The molecule has 1 N–H and O–H groups in total. The van der Waals surface area contributed by atoms with Crippen LogP contribution in [0.5, 0.6) is 0 Å². The van der Waals surface area contributed by atoms with E-state index in [4.69, 9.17) is 0 Å². The summed E-state index contributed by atoms with van der Waals surface area (Å²) in [5.41, 5.74) is 4.28. The fourth-order valence-electron chi connectivity index (χ4n) is 2.87. The fourth-order valence-corrected chi connectivity index (χ4v) is 2.87. The Morgan fingerprint density at radius 3 is 2.48 bits per heavy atom. The van der Waals surface area contributed by atoms with Gasteiger partial charge in [-0.3, -0.25) is 4.68 Å². The topological polar surface area (TPSA) is 85.3 Å². The maximum absolute atomic E-state index is 11.7. The predicted octanol–water partition coefficient (Wildman–Crippen LogP) is 2.80. The van der Waals surface area contributed by atoms with E-state index >= 15 is 0 Å². The van der Waals surface area contributed by atoms with Crippen molar-refractivity contribution in [1.29, 1.82) is 0 Å². The maximum atomic E-state index is 11.7. The second kappa shape index (κ2) is 5.55. The lowest BCUT2D eigenvalue weighted by Crippen LogP contribution is -2.08. The van der Waals surface area contributed by atoms with Crippen LogP contribution in [0.4, 0.5) is 0 Å². The molecule has 7 heteroatoms. The SMILES string of the molecule is Cc1nn(C)cc1-c1cc(C(=O)O)n2nc(-c3ccccc3)cc2n1. The Balaban J connectivity index is 1.96. The van der Waals surface area contributed by atoms with Crippen molar-refractivity contribution in [3.8, 4) is 22.5 Å². The second-order valence-electron chi connectivity index (χ2n) is 5.80. The van der Waals surface area contributed by atoms with E-state index in [1.165, 1.54) is 10.6 Å². The third-order valence-electron chi connectivity index (χ3n) is 4.01. The van der Waals surface area contributed by atoms with Gasteiger partial charge >= 0.3 is 5.97 Å². The van der Waals surface area contributed by atoms with Crippen LogP contribution in [0, 0.1) is 6.92 Å². The lowest BCUT2D eigenvalue weighted by atomic mass is 10.1. The molecule has 25 heavy (non-hydrogen) atoms. The van der Waals surface area contributed by atoms with Crippen molar-refractivity contribution >= 4 is 11.6 Å². The summed E-state index contributed by atoms with van der Waals surface area (Å²) in [7, 11) is 1.82. The van der Waals surface area contributed by atoms with Crippen molar-refractivity contribution in [2.24, 2.45) is 7.05 Å². The van der Waals surface area contributed by atoms with E-state index in [2.05, 4.69) is 15.2 Å². The molecule has 0 aliphatic rings. The molecule has 0 saturated carbocycles. The van der Waals surface area contributed by atoms with Gasteiger partial charge in [0.05, 0.1) is 17.1 Å².